The number of hydrogen-bond acceptors (Lipinski definition) is 6. The van der Waals surface area contributed by atoms with Gasteiger partial charge in [0.15, 0.2) is 0 Å². The summed E-state index contributed by atoms with van der Waals surface area (Å²) in [5, 5.41) is 8.41. The van der Waals surface area contributed by atoms with E-state index in [9.17, 15) is 0 Å². The zero-order chi connectivity index (χ0) is 16.4. The SMILES string of the molecule is Nc1nc(Nc2ccc(Cl)cc2)nn1Sc1cnc(Cl)c(Br)c1. The van der Waals surface area contributed by atoms with Crippen LogP contribution in [0.2, 0.25) is 10.2 Å². The smallest absolute Gasteiger partial charge is 0.249 e. The zero-order valence-electron chi connectivity index (χ0n) is 11.4. The van der Waals surface area contributed by atoms with E-state index in [1.165, 1.54) is 16.0 Å². The van der Waals surface area contributed by atoms with E-state index in [2.05, 4.69) is 36.3 Å². The Kier molecular flexibility index (Phi) is 4.96. The first kappa shape index (κ1) is 16.4. The van der Waals surface area contributed by atoms with Gasteiger partial charge >= 0.3 is 0 Å². The van der Waals surface area contributed by atoms with Crippen molar-refractivity contribution in [2.75, 3.05) is 11.1 Å². The minimum atomic E-state index is 0.262. The monoisotopic (exact) mass is 430 g/mol. The lowest BCUT2D eigenvalue weighted by molar-refractivity contribution is 1.02. The minimum absolute atomic E-state index is 0.262. The van der Waals surface area contributed by atoms with Crippen molar-refractivity contribution < 1.29 is 0 Å². The Morgan fingerprint density at radius 2 is 1.96 bits per heavy atom. The molecule has 3 rings (SSSR count). The van der Waals surface area contributed by atoms with Crippen LogP contribution < -0.4 is 11.1 Å². The van der Waals surface area contributed by atoms with Crippen molar-refractivity contribution in [1.29, 1.82) is 0 Å². The Hall–Kier alpha value is -1.48. The summed E-state index contributed by atoms with van der Waals surface area (Å²) in [6.45, 7) is 0. The van der Waals surface area contributed by atoms with E-state index in [4.69, 9.17) is 28.9 Å². The van der Waals surface area contributed by atoms with Crippen LogP contribution in [0, 0.1) is 0 Å². The number of pyridine rings is 1. The van der Waals surface area contributed by atoms with Gasteiger partial charge in [-0.15, -0.1) is 5.10 Å². The van der Waals surface area contributed by atoms with Crippen LogP contribution in [0.25, 0.3) is 0 Å². The number of benzene rings is 1. The second-order valence-corrected chi connectivity index (χ2v) is 6.98. The predicted molar refractivity (Wildman–Crippen MR) is 97.4 cm³/mol. The number of nitrogen functional groups attached to an aromatic ring is 1. The number of aromatic nitrogens is 4. The summed E-state index contributed by atoms with van der Waals surface area (Å²) < 4.78 is 2.19. The predicted octanol–water partition coefficient (Wildman–Crippen LogP) is 4.62. The van der Waals surface area contributed by atoms with Crippen LogP contribution in [-0.2, 0) is 0 Å². The molecule has 0 bridgehead atoms. The van der Waals surface area contributed by atoms with Gasteiger partial charge in [-0.25, -0.2) is 4.98 Å². The molecule has 0 spiro atoms. The molecule has 0 saturated carbocycles. The van der Waals surface area contributed by atoms with Crippen LogP contribution in [0.1, 0.15) is 0 Å². The average Bonchev–Trinajstić information content (AvgIpc) is 2.85. The molecule has 0 aliphatic carbocycles. The van der Waals surface area contributed by atoms with E-state index in [0.29, 0.717) is 20.6 Å². The normalized spacial score (nSPS) is 10.7. The van der Waals surface area contributed by atoms with Gasteiger partial charge in [-0.3, -0.25) is 0 Å². The summed E-state index contributed by atoms with van der Waals surface area (Å²) >= 11 is 16.3. The van der Waals surface area contributed by atoms with Crippen molar-refractivity contribution >= 4 is 68.7 Å². The van der Waals surface area contributed by atoms with Gasteiger partial charge in [0.1, 0.15) is 5.15 Å². The first-order valence-corrected chi connectivity index (χ1v) is 8.58. The number of hydrogen-bond donors (Lipinski definition) is 2. The summed E-state index contributed by atoms with van der Waals surface area (Å²) in [7, 11) is 0. The first-order chi connectivity index (χ1) is 11.0. The van der Waals surface area contributed by atoms with Crippen LogP contribution in [0.4, 0.5) is 17.6 Å². The van der Waals surface area contributed by atoms with Gasteiger partial charge in [0, 0.05) is 28.9 Å². The molecule has 0 atom stereocenters. The lowest BCUT2D eigenvalue weighted by Gasteiger charge is -2.03. The summed E-state index contributed by atoms with van der Waals surface area (Å²) in [6, 6.07) is 9.03. The van der Waals surface area contributed by atoms with E-state index in [1.807, 2.05) is 18.2 Å². The second-order valence-electron chi connectivity index (χ2n) is 4.33. The number of nitrogens with zero attached hydrogens (tertiary/aromatic N) is 4. The maximum absolute atomic E-state index is 5.88. The van der Waals surface area contributed by atoms with Crippen molar-refractivity contribution in [3.8, 4) is 0 Å². The van der Waals surface area contributed by atoms with Crippen LogP contribution in [0.3, 0.4) is 0 Å². The van der Waals surface area contributed by atoms with E-state index >= 15 is 0 Å². The van der Waals surface area contributed by atoms with Gasteiger partial charge in [-0.1, -0.05) is 23.2 Å². The third kappa shape index (κ3) is 4.08. The van der Waals surface area contributed by atoms with Crippen molar-refractivity contribution in [1.82, 2.24) is 19.2 Å². The average molecular weight is 432 g/mol. The van der Waals surface area contributed by atoms with Crippen molar-refractivity contribution in [2.45, 2.75) is 4.90 Å². The Morgan fingerprint density at radius 1 is 1.22 bits per heavy atom. The first-order valence-electron chi connectivity index (χ1n) is 6.26. The van der Waals surface area contributed by atoms with E-state index < -0.39 is 0 Å². The molecule has 2 aromatic heterocycles. The highest BCUT2D eigenvalue weighted by atomic mass is 79.9. The van der Waals surface area contributed by atoms with Gasteiger partial charge in [-0.2, -0.15) is 9.07 Å². The minimum Gasteiger partial charge on any atom is -0.367 e. The Labute approximate surface area is 154 Å². The van der Waals surface area contributed by atoms with Gasteiger partial charge in [0.05, 0.1) is 9.37 Å². The Morgan fingerprint density at radius 3 is 2.65 bits per heavy atom. The molecule has 3 aromatic rings. The van der Waals surface area contributed by atoms with Crippen molar-refractivity contribution in [3.63, 3.8) is 0 Å². The van der Waals surface area contributed by atoms with Crippen LogP contribution in [0.5, 0.6) is 0 Å². The van der Waals surface area contributed by atoms with Crippen molar-refractivity contribution in [2.24, 2.45) is 0 Å². The number of nitrogens with two attached hydrogens (primary N) is 1. The van der Waals surface area contributed by atoms with E-state index in [-0.39, 0.29) is 5.95 Å². The molecule has 0 aliphatic heterocycles. The lowest BCUT2D eigenvalue weighted by atomic mass is 10.3. The molecule has 3 N–H and O–H groups in total. The lowest BCUT2D eigenvalue weighted by Crippen LogP contribution is -1.97. The third-order valence-corrected chi connectivity index (χ3v) is 4.93. The standard InChI is InChI=1S/C13H9BrCl2N6S/c14-10-5-9(6-18-11(10)16)23-22-12(17)20-13(21-22)19-8-3-1-7(15)2-4-8/h1-6H,(H3,17,19,20,21). The molecule has 118 valence electrons. The summed E-state index contributed by atoms with van der Waals surface area (Å²) in [4.78, 5) is 9.04. The maximum Gasteiger partial charge on any atom is 0.249 e. The summed E-state index contributed by atoms with van der Waals surface area (Å²) in [5.41, 5.74) is 6.70. The van der Waals surface area contributed by atoms with E-state index in [0.717, 1.165) is 10.6 Å². The third-order valence-electron chi connectivity index (χ3n) is 2.67. The summed E-state index contributed by atoms with van der Waals surface area (Å²) in [6.07, 6.45) is 1.63. The molecule has 0 radical (unpaired) electrons. The molecule has 0 amide bonds. The molecule has 6 nitrogen and oxygen atoms in total. The highest BCUT2D eigenvalue weighted by molar-refractivity contribution is 9.10. The molecular weight excluding hydrogens is 423 g/mol. The molecule has 0 unspecified atom stereocenters. The number of anilines is 3. The largest absolute Gasteiger partial charge is 0.367 e. The fourth-order valence-electron chi connectivity index (χ4n) is 1.65. The zero-order valence-corrected chi connectivity index (χ0v) is 15.3. The maximum atomic E-state index is 5.88. The highest BCUT2D eigenvalue weighted by Gasteiger charge is 2.10. The number of halogens is 3. The van der Waals surface area contributed by atoms with Crippen LogP contribution >= 0.6 is 51.1 Å². The molecule has 2 heterocycles. The van der Waals surface area contributed by atoms with Gasteiger partial charge in [-0.05, 0) is 46.3 Å². The molecule has 0 fully saturated rings. The van der Waals surface area contributed by atoms with Gasteiger partial charge in [0.2, 0.25) is 11.9 Å². The Bertz CT molecular complexity index is 839. The fourth-order valence-corrected chi connectivity index (χ4v) is 3.10. The molecule has 10 heteroatoms. The second kappa shape index (κ2) is 6.96. The van der Waals surface area contributed by atoms with Crippen LogP contribution in [-0.4, -0.2) is 19.2 Å². The molecule has 0 aliphatic rings. The van der Waals surface area contributed by atoms with Gasteiger partial charge in [0.25, 0.3) is 0 Å². The number of nitrogens with one attached hydrogen (secondary N) is 1. The number of rotatable bonds is 4. The molecule has 1 aromatic carbocycles. The fraction of sp³-hybridized carbons (Fsp3) is 0. The quantitative estimate of drug-likeness (QED) is 0.586. The molecular formula is C13H9BrCl2N6S. The van der Waals surface area contributed by atoms with E-state index in [1.54, 1.807) is 18.3 Å². The molecule has 0 saturated heterocycles. The van der Waals surface area contributed by atoms with Crippen molar-refractivity contribution in [3.05, 3.63) is 51.2 Å². The Balaban J connectivity index is 1.77. The highest BCUT2D eigenvalue weighted by Crippen LogP contribution is 2.28. The summed E-state index contributed by atoms with van der Waals surface area (Å²) in [5.74, 6) is 0.649. The van der Waals surface area contributed by atoms with Crippen LogP contribution in [0.15, 0.2) is 45.9 Å². The molecule has 23 heavy (non-hydrogen) atoms. The van der Waals surface area contributed by atoms with Gasteiger partial charge < -0.3 is 11.1 Å². The topological polar surface area (TPSA) is 81.6 Å².